The molecule has 2 aliphatic heterocycles. The molecule has 0 fully saturated rings. The Morgan fingerprint density at radius 3 is 1.62 bits per heavy atom. The van der Waals surface area contributed by atoms with Gasteiger partial charge in [-0.15, -0.1) is 11.8 Å². The van der Waals surface area contributed by atoms with Crippen LogP contribution in [0.4, 0.5) is 22.7 Å². The fourth-order valence-electron chi connectivity index (χ4n) is 3.76. The molecule has 2 atom stereocenters. The highest BCUT2D eigenvalue weighted by atomic mass is 16.6. The van der Waals surface area contributed by atoms with E-state index in [2.05, 4.69) is 22.5 Å². The van der Waals surface area contributed by atoms with Crippen molar-refractivity contribution in [3.05, 3.63) is 55.6 Å². The van der Waals surface area contributed by atoms with E-state index in [4.69, 9.17) is 9.47 Å². The van der Waals surface area contributed by atoms with Crippen LogP contribution in [0.15, 0.2) is 24.3 Å². The number of fused-ring (bicyclic) bond motifs is 2. The summed E-state index contributed by atoms with van der Waals surface area (Å²) < 4.78 is 11.4. The van der Waals surface area contributed by atoms with E-state index in [1.165, 1.54) is 12.1 Å². The monoisotopic (exact) mass is 438 g/mol. The third kappa shape index (κ3) is 4.37. The van der Waals surface area contributed by atoms with Gasteiger partial charge in [-0.25, -0.2) is 0 Å². The molecule has 0 saturated heterocycles. The SMILES string of the molecule is Cc1cc2c(c([N+](=O)[O-])c1)NC(CC#CC[C@H]1COc3cc(C)cc([N+](=O)[O-])c3N1)CO2. The van der Waals surface area contributed by atoms with Gasteiger partial charge in [-0.05, 0) is 37.1 Å². The minimum atomic E-state index is -0.427. The lowest BCUT2D eigenvalue weighted by molar-refractivity contribution is -0.384. The van der Waals surface area contributed by atoms with Gasteiger partial charge in [-0.1, -0.05) is 0 Å². The molecule has 1 unspecified atom stereocenters. The summed E-state index contributed by atoms with van der Waals surface area (Å²) in [4.78, 5) is 21.9. The van der Waals surface area contributed by atoms with Gasteiger partial charge in [0, 0.05) is 25.0 Å². The first-order valence-electron chi connectivity index (χ1n) is 10.1. The van der Waals surface area contributed by atoms with E-state index in [1.807, 2.05) is 0 Å². The Kier molecular flexibility index (Phi) is 5.73. The normalized spacial score (nSPS) is 18.3. The molecule has 2 aliphatic rings. The zero-order valence-electron chi connectivity index (χ0n) is 17.6. The minimum absolute atomic E-state index is 0.0169. The third-order valence-electron chi connectivity index (χ3n) is 5.24. The minimum Gasteiger partial charge on any atom is -0.489 e. The van der Waals surface area contributed by atoms with Crippen LogP contribution in [0.1, 0.15) is 24.0 Å². The number of nitrogens with one attached hydrogen (secondary N) is 2. The Hall–Kier alpha value is -4.00. The highest BCUT2D eigenvalue weighted by Gasteiger charge is 2.28. The molecule has 0 aromatic heterocycles. The van der Waals surface area contributed by atoms with Gasteiger partial charge in [-0.2, -0.15) is 0 Å². The molecule has 0 saturated carbocycles. The quantitative estimate of drug-likeness (QED) is 0.417. The van der Waals surface area contributed by atoms with Crippen molar-refractivity contribution in [3.8, 4) is 23.3 Å². The van der Waals surface area contributed by atoms with Crippen molar-refractivity contribution < 1.29 is 19.3 Å². The fourth-order valence-corrected chi connectivity index (χ4v) is 3.76. The number of hydrogen-bond donors (Lipinski definition) is 2. The van der Waals surface area contributed by atoms with Crippen molar-refractivity contribution in [1.82, 2.24) is 0 Å². The summed E-state index contributed by atoms with van der Waals surface area (Å²) in [5, 5.41) is 29.1. The molecule has 10 nitrogen and oxygen atoms in total. The lowest BCUT2D eigenvalue weighted by Crippen LogP contribution is -2.32. The second-order valence-corrected chi connectivity index (χ2v) is 7.89. The molecule has 0 spiro atoms. The summed E-state index contributed by atoms with van der Waals surface area (Å²) in [5.74, 6) is 7.09. The molecule has 0 bridgehead atoms. The molecule has 166 valence electrons. The van der Waals surface area contributed by atoms with Gasteiger partial charge in [-0.3, -0.25) is 20.2 Å². The van der Waals surface area contributed by atoms with Gasteiger partial charge >= 0.3 is 0 Å². The number of hydrogen-bond acceptors (Lipinski definition) is 8. The van der Waals surface area contributed by atoms with Crippen LogP contribution in [0.3, 0.4) is 0 Å². The maximum absolute atomic E-state index is 11.4. The number of nitro benzene ring substituents is 2. The van der Waals surface area contributed by atoms with Crippen molar-refractivity contribution in [2.45, 2.75) is 38.8 Å². The second kappa shape index (κ2) is 8.63. The molecule has 2 aromatic carbocycles. The Balaban J connectivity index is 1.38. The van der Waals surface area contributed by atoms with E-state index in [1.54, 1.807) is 26.0 Å². The topological polar surface area (TPSA) is 129 Å². The van der Waals surface area contributed by atoms with Gasteiger partial charge in [0.2, 0.25) is 0 Å². The molecule has 2 heterocycles. The van der Waals surface area contributed by atoms with E-state index in [0.29, 0.717) is 48.9 Å². The first kappa shape index (κ1) is 21.2. The van der Waals surface area contributed by atoms with Crippen molar-refractivity contribution in [1.29, 1.82) is 0 Å². The zero-order chi connectivity index (χ0) is 22.8. The number of benzene rings is 2. The fraction of sp³-hybridized carbons (Fsp3) is 0.364. The molecule has 32 heavy (non-hydrogen) atoms. The molecule has 10 heteroatoms. The van der Waals surface area contributed by atoms with Gasteiger partial charge in [0.25, 0.3) is 11.4 Å². The summed E-state index contributed by atoms with van der Waals surface area (Å²) in [6.07, 6.45) is 0.877. The summed E-state index contributed by atoms with van der Waals surface area (Å²) in [5.41, 5.74) is 2.23. The predicted molar refractivity (Wildman–Crippen MR) is 118 cm³/mol. The Labute approximate surface area is 184 Å². The summed E-state index contributed by atoms with van der Waals surface area (Å²) >= 11 is 0. The average molecular weight is 438 g/mol. The predicted octanol–water partition coefficient (Wildman–Crippen LogP) is 3.95. The highest BCUT2D eigenvalue weighted by molar-refractivity contribution is 5.73. The van der Waals surface area contributed by atoms with E-state index in [9.17, 15) is 20.2 Å². The smallest absolute Gasteiger partial charge is 0.296 e. The van der Waals surface area contributed by atoms with E-state index >= 15 is 0 Å². The molecule has 0 amide bonds. The van der Waals surface area contributed by atoms with Crippen LogP contribution in [0.25, 0.3) is 0 Å². The Bertz CT molecular complexity index is 1070. The van der Waals surface area contributed by atoms with Crippen LogP contribution >= 0.6 is 0 Å². The number of ether oxygens (including phenoxy) is 2. The number of aryl methyl sites for hydroxylation is 2. The first-order chi connectivity index (χ1) is 15.3. The largest absolute Gasteiger partial charge is 0.489 e. The maximum Gasteiger partial charge on any atom is 0.296 e. The Morgan fingerprint density at radius 2 is 1.25 bits per heavy atom. The third-order valence-corrected chi connectivity index (χ3v) is 5.24. The Morgan fingerprint density at radius 1 is 0.844 bits per heavy atom. The number of nitrogens with zero attached hydrogens (tertiary/aromatic N) is 2. The standard InChI is InChI=1S/C22H22N4O6/c1-13-7-17(25(27)28)21-19(9-13)31-11-15(23-21)5-3-4-6-16-12-32-20-10-14(2)8-18(26(29)30)22(20)24-16/h7-10,15-16,23-24H,5-6,11-12H2,1-2H3/t15-,16?/m0/s1. The van der Waals surface area contributed by atoms with Crippen molar-refractivity contribution in [3.63, 3.8) is 0 Å². The lowest BCUT2D eigenvalue weighted by atomic mass is 10.1. The average Bonchev–Trinajstić information content (AvgIpc) is 2.75. The number of anilines is 2. The van der Waals surface area contributed by atoms with E-state index < -0.39 is 9.85 Å². The molecular formula is C22H22N4O6. The zero-order valence-corrected chi connectivity index (χ0v) is 17.6. The van der Waals surface area contributed by atoms with Crippen molar-refractivity contribution in [2.75, 3.05) is 23.8 Å². The first-order valence-corrected chi connectivity index (χ1v) is 10.1. The van der Waals surface area contributed by atoms with Gasteiger partial charge in [0.15, 0.2) is 11.4 Å². The van der Waals surface area contributed by atoms with Crippen LogP contribution in [0.2, 0.25) is 0 Å². The second-order valence-electron chi connectivity index (χ2n) is 7.89. The molecule has 0 radical (unpaired) electrons. The van der Waals surface area contributed by atoms with Gasteiger partial charge < -0.3 is 20.1 Å². The summed E-state index contributed by atoms with van der Waals surface area (Å²) in [6, 6.07) is 6.19. The molecular weight excluding hydrogens is 416 g/mol. The number of nitro groups is 2. The molecule has 2 N–H and O–H groups in total. The van der Waals surface area contributed by atoms with Gasteiger partial charge in [0.05, 0.1) is 21.9 Å². The van der Waals surface area contributed by atoms with E-state index in [-0.39, 0.29) is 23.5 Å². The van der Waals surface area contributed by atoms with Crippen LogP contribution in [0.5, 0.6) is 11.5 Å². The molecule has 4 rings (SSSR count). The lowest BCUT2D eigenvalue weighted by Gasteiger charge is -2.26. The van der Waals surface area contributed by atoms with Crippen molar-refractivity contribution in [2.24, 2.45) is 0 Å². The number of rotatable bonds is 4. The van der Waals surface area contributed by atoms with Crippen LogP contribution in [0, 0.1) is 45.9 Å². The highest BCUT2D eigenvalue weighted by Crippen LogP contribution is 2.40. The molecule has 2 aromatic rings. The van der Waals surface area contributed by atoms with Crippen LogP contribution in [-0.2, 0) is 0 Å². The van der Waals surface area contributed by atoms with Crippen molar-refractivity contribution >= 4 is 22.7 Å². The summed E-state index contributed by atoms with van der Waals surface area (Å²) in [6.45, 7) is 4.27. The van der Waals surface area contributed by atoms with Crippen LogP contribution in [-0.4, -0.2) is 35.1 Å². The van der Waals surface area contributed by atoms with E-state index in [0.717, 1.165) is 11.1 Å². The van der Waals surface area contributed by atoms with Crippen LogP contribution < -0.4 is 20.1 Å². The summed E-state index contributed by atoms with van der Waals surface area (Å²) in [7, 11) is 0. The van der Waals surface area contributed by atoms with Gasteiger partial charge in [0.1, 0.15) is 24.7 Å². The maximum atomic E-state index is 11.4. The molecule has 0 aliphatic carbocycles.